The number of nitrogens with one attached hydrogen (secondary N) is 1. The largest absolute Gasteiger partial charge is 0.467 e. The number of halogens is 1. The van der Waals surface area contributed by atoms with Gasteiger partial charge in [0, 0.05) is 23.8 Å². The van der Waals surface area contributed by atoms with Crippen LogP contribution < -0.4 is 5.32 Å². The van der Waals surface area contributed by atoms with Crippen LogP contribution in [-0.2, 0) is 6.54 Å². The van der Waals surface area contributed by atoms with Crippen LogP contribution in [0.15, 0.2) is 53.4 Å². The van der Waals surface area contributed by atoms with E-state index in [0.717, 1.165) is 34.5 Å². The highest BCUT2D eigenvalue weighted by Gasteiger charge is 2.18. The van der Waals surface area contributed by atoms with Crippen LogP contribution in [0.4, 0.5) is 0 Å². The Morgan fingerprint density at radius 1 is 1.33 bits per heavy atom. The van der Waals surface area contributed by atoms with E-state index in [1.165, 1.54) is 0 Å². The number of aromatic nitrogens is 2. The smallest absolute Gasteiger partial charge is 0.126 e. The summed E-state index contributed by atoms with van der Waals surface area (Å²) in [5.74, 6) is 0.910. The molecule has 0 bridgehead atoms. The Labute approximate surface area is 132 Å². The molecule has 0 amide bonds. The summed E-state index contributed by atoms with van der Waals surface area (Å²) >= 11 is 7.62. The molecular formula is C15H16ClN3OS. The van der Waals surface area contributed by atoms with Crippen molar-refractivity contribution in [1.82, 2.24) is 15.1 Å². The monoisotopic (exact) mass is 321 g/mol. The first kappa shape index (κ1) is 14.4. The molecule has 0 aliphatic rings. The highest BCUT2D eigenvalue weighted by molar-refractivity contribution is 7.16. The molecule has 21 heavy (non-hydrogen) atoms. The first-order valence-electron chi connectivity index (χ1n) is 6.82. The zero-order valence-electron chi connectivity index (χ0n) is 11.4. The minimum absolute atomic E-state index is 0.0510. The molecule has 3 heterocycles. The fourth-order valence-corrected chi connectivity index (χ4v) is 3.35. The Hall–Kier alpha value is -1.56. The lowest BCUT2D eigenvalue weighted by molar-refractivity contribution is 0.439. The number of furan rings is 1. The second-order valence-corrected chi connectivity index (χ2v) is 6.41. The van der Waals surface area contributed by atoms with E-state index in [2.05, 4.69) is 10.4 Å². The van der Waals surface area contributed by atoms with E-state index in [4.69, 9.17) is 16.0 Å². The van der Waals surface area contributed by atoms with Gasteiger partial charge in [0.2, 0.25) is 0 Å². The van der Waals surface area contributed by atoms with Crippen LogP contribution in [0.2, 0.25) is 4.34 Å². The average molecular weight is 322 g/mol. The Kier molecular flexibility index (Phi) is 4.75. The minimum atomic E-state index is 0.0510. The zero-order chi connectivity index (χ0) is 14.5. The topological polar surface area (TPSA) is 43.0 Å². The van der Waals surface area contributed by atoms with E-state index in [-0.39, 0.29) is 6.04 Å². The number of aryl methyl sites for hydroxylation is 1. The molecule has 110 valence electrons. The number of hydrogen-bond acceptors (Lipinski definition) is 4. The van der Waals surface area contributed by atoms with Crippen molar-refractivity contribution in [2.75, 3.05) is 6.54 Å². The highest BCUT2D eigenvalue weighted by atomic mass is 35.5. The first-order chi connectivity index (χ1) is 10.3. The summed E-state index contributed by atoms with van der Waals surface area (Å²) in [4.78, 5) is 1.16. The van der Waals surface area contributed by atoms with Crippen molar-refractivity contribution in [3.05, 3.63) is 64.0 Å². The minimum Gasteiger partial charge on any atom is -0.467 e. The van der Waals surface area contributed by atoms with Gasteiger partial charge >= 0.3 is 0 Å². The summed E-state index contributed by atoms with van der Waals surface area (Å²) in [5.41, 5.74) is 0. The van der Waals surface area contributed by atoms with Gasteiger partial charge in [-0.1, -0.05) is 11.6 Å². The van der Waals surface area contributed by atoms with Crippen molar-refractivity contribution in [3.63, 3.8) is 0 Å². The van der Waals surface area contributed by atoms with E-state index < -0.39 is 0 Å². The van der Waals surface area contributed by atoms with Gasteiger partial charge in [-0.3, -0.25) is 4.68 Å². The van der Waals surface area contributed by atoms with Crippen LogP contribution in [0.1, 0.15) is 23.1 Å². The lowest BCUT2D eigenvalue weighted by atomic mass is 10.2. The van der Waals surface area contributed by atoms with Crippen molar-refractivity contribution in [1.29, 1.82) is 0 Å². The third kappa shape index (κ3) is 3.75. The summed E-state index contributed by atoms with van der Waals surface area (Å²) in [6.45, 7) is 1.77. The second-order valence-electron chi connectivity index (χ2n) is 4.67. The molecule has 0 radical (unpaired) electrons. The molecule has 0 aromatic carbocycles. The van der Waals surface area contributed by atoms with Crippen molar-refractivity contribution in [2.24, 2.45) is 0 Å². The van der Waals surface area contributed by atoms with Crippen LogP contribution in [0.5, 0.6) is 0 Å². The predicted octanol–water partition coefficient (Wildman–Crippen LogP) is 3.96. The van der Waals surface area contributed by atoms with Crippen LogP contribution in [0.25, 0.3) is 0 Å². The number of thiophene rings is 1. The van der Waals surface area contributed by atoms with E-state index in [0.29, 0.717) is 0 Å². The molecule has 0 spiro atoms. The van der Waals surface area contributed by atoms with Gasteiger partial charge in [0.25, 0.3) is 0 Å². The van der Waals surface area contributed by atoms with Gasteiger partial charge < -0.3 is 9.73 Å². The molecule has 0 aliphatic carbocycles. The lowest BCUT2D eigenvalue weighted by Crippen LogP contribution is -2.23. The summed E-state index contributed by atoms with van der Waals surface area (Å²) in [6, 6.07) is 9.84. The summed E-state index contributed by atoms with van der Waals surface area (Å²) in [7, 11) is 0. The fraction of sp³-hybridized carbons (Fsp3) is 0.267. The average Bonchev–Trinajstić information content (AvgIpc) is 3.20. The van der Waals surface area contributed by atoms with E-state index in [9.17, 15) is 0 Å². The molecule has 0 saturated carbocycles. The third-order valence-electron chi connectivity index (χ3n) is 3.18. The molecule has 1 N–H and O–H groups in total. The molecule has 3 rings (SSSR count). The van der Waals surface area contributed by atoms with Gasteiger partial charge in [0.05, 0.1) is 10.6 Å². The van der Waals surface area contributed by atoms with E-state index in [1.807, 2.05) is 41.2 Å². The summed E-state index contributed by atoms with van der Waals surface area (Å²) in [5, 5.41) is 7.73. The fourth-order valence-electron chi connectivity index (χ4n) is 2.20. The van der Waals surface area contributed by atoms with Crippen molar-refractivity contribution in [2.45, 2.75) is 19.0 Å². The molecule has 3 aromatic heterocycles. The van der Waals surface area contributed by atoms with Crippen molar-refractivity contribution in [3.8, 4) is 0 Å². The van der Waals surface area contributed by atoms with Gasteiger partial charge in [-0.25, -0.2) is 0 Å². The number of rotatable bonds is 7. The normalized spacial score (nSPS) is 12.6. The summed E-state index contributed by atoms with van der Waals surface area (Å²) < 4.78 is 8.27. The van der Waals surface area contributed by atoms with Crippen LogP contribution in [-0.4, -0.2) is 16.3 Å². The van der Waals surface area contributed by atoms with Crippen molar-refractivity contribution >= 4 is 22.9 Å². The van der Waals surface area contributed by atoms with Gasteiger partial charge in [0.1, 0.15) is 11.8 Å². The molecule has 3 aromatic rings. The molecule has 0 fully saturated rings. The number of hydrogen-bond donors (Lipinski definition) is 1. The van der Waals surface area contributed by atoms with Gasteiger partial charge in [-0.05, 0) is 43.3 Å². The van der Waals surface area contributed by atoms with Gasteiger partial charge in [-0.2, -0.15) is 5.10 Å². The lowest BCUT2D eigenvalue weighted by Gasteiger charge is -2.15. The Morgan fingerprint density at radius 2 is 2.29 bits per heavy atom. The molecule has 1 atom stereocenters. The quantitative estimate of drug-likeness (QED) is 0.670. The SMILES string of the molecule is Clc1ccc(C(NCCCn2cccn2)c2ccco2)s1. The Morgan fingerprint density at radius 3 is 2.95 bits per heavy atom. The van der Waals surface area contributed by atoms with Gasteiger partial charge in [-0.15, -0.1) is 11.3 Å². The maximum absolute atomic E-state index is 6.04. The van der Waals surface area contributed by atoms with E-state index in [1.54, 1.807) is 23.8 Å². The molecule has 6 heteroatoms. The zero-order valence-corrected chi connectivity index (χ0v) is 13.0. The molecule has 0 saturated heterocycles. The standard InChI is InChI=1S/C15H16ClN3OS/c16-14-6-5-13(21-14)15(12-4-1-11-20-12)17-7-2-9-19-10-3-8-18-19/h1,3-6,8,10-11,15,17H,2,7,9H2. The highest BCUT2D eigenvalue weighted by Crippen LogP contribution is 2.31. The van der Waals surface area contributed by atoms with Crippen LogP contribution >= 0.6 is 22.9 Å². The first-order valence-corrected chi connectivity index (χ1v) is 8.02. The Balaban J connectivity index is 1.60. The van der Waals surface area contributed by atoms with Gasteiger partial charge in [0.15, 0.2) is 0 Å². The van der Waals surface area contributed by atoms with E-state index >= 15 is 0 Å². The molecule has 0 aliphatic heterocycles. The number of nitrogens with zero attached hydrogens (tertiary/aromatic N) is 2. The second kappa shape index (κ2) is 6.93. The van der Waals surface area contributed by atoms with Crippen LogP contribution in [0, 0.1) is 0 Å². The predicted molar refractivity (Wildman–Crippen MR) is 84.7 cm³/mol. The summed E-state index contributed by atoms with van der Waals surface area (Å²) in [6.07, 6.45) is 6.47. The third-order valence-corrected chi connectivity index (χ3v) is 4.47. The molecule has 4 nitrogen and oxygen atoms in total. The van der Waals surface area contributed by atoms with Crippen LogP contribution in [0.3, 0.4) is 0 Å². The van der Waals surface area contributed by atoms with Crippen molar-refractivity contribution < 1.29 is 4.42 Å². The Bertz CT molecular complexity index is 648. The maximum Gasteiger partial charge on any atom is 0.126 e. The maximum atomic E-state index is 6.04. The molecule has 1 unspecified atom stereocenters. The molecular weight excluding hydrogens is 306 g/mol.